The van der Waals surface area contributed by atoms with Gasteiger partial charge in [0.15, 0.2) is 5.16 Å². The third-order valence-electron chi connectivity index (χ3n) is 3.43. The van der Waals surface area contributed by atoms with E-state index in [0.717, 1.165) is 32.5 Å². The van der Waals surface area contributed by atoms with Gasteiger partial charge in [0.2, 0.25) is 17.7 Å². The van der Waals surface area contributed by atoms with E-state index in [1.807, 2.05) is 0 Å². The van der Waals surface area contributed by atoms with Gasteiger partial charge in [-0.3, -0.25) is 0 Å². The Balaban J connectivity index is 2.02. The van der Waals surface area contributed by atoms with Gasteiger partial charge in [0.05, 0.1) is 14.2 Å². The van der Waals surface area contributed by atoms with Gasteiger partial charge in [-0.15, -0.1) is 0 Å². The van der Waals surface area contributed by atoms with Gasteiger partial charge in [-0.25, -0.2) is 9.97 Å². The fourth-order valence-electron chi connectivity index (χ4n) is 2.13. The summed E-state index contributed by atoms with van der Waals surface area (Å²) in [6.45, 7) is 3.10. The Labute approximate surface area is 162 Å². The lowest BCUT2D eigenvalue weighted by Crippen LogP contribution is -2.24. The van der Waals surface area contributed by atoms with E-state index in [1.165, 1.54) is 26.0 Å². The number of methoxy groups -OCH3 is 2. The molecule has 2 heterocycles. The molecule has 0 radical (unpaired) electrons. The van der Waals surface area contributed by atoms with Crippen LogP contribution in [-0.2, 0) is 0 Å². The van der Waals surface area contributed by atoms with E-state index in [4.69, 9.17) is 20.9 Å². The molecular formula is C16H26N8O2S. The Kier molecular flexibility index (Phi) is 8.81. The Morgan fingerprint density at radius 1 is 1.04 bits per heavy atom. The Morgan fingerprint density at radius 3 is 2.41 bits per heavy atom. The molecule has 27 heavy (non-hydrogen) atoms. The monoisotopic (exact) mass is 394 g/mol. The van der Waals surface area contributed by atoms with Crippen LogP contribution in [0.4, 0.5) is 11.8 Å². The highest BCUT2D eigenvalue weighted by atomic mass is 32.2. The first-order chi connectivity index (χ1) is 13.2. The topological polar surface area (TPSA) is 146 Å². The molecular weight excluding hydrogens is 368 g/mol. The van der Waals surface area contributed by atoms with Crippen molar-refractivity contribution in [2.45, 2.75) is 22.9 Å². The molecule has 0 aliphatic heterocycles. The molecule has 0 saturated carbocycles. The van der Waals surface area contributed by atoms with E-state index in [-0.39, 0.29) is 0 Å². The summed E-state index contributed by atoms with van der Waals surface area (Å²) >= 11 is 1.22. The molecule has 2 rings (SSSR count). The second kappa shape index (κ2) is 11.4. The van der Waals surface area contributed by atoms with Crippen molar-refractivity contribution in [3.63, 3.8) is 0 Å². The number of rotatable bonds is 12. The van der Waals surface area contributed by atoms with Crippen LogP contribution in [0.15, 0.2) is 22.3 Å². The number of nitrogens with one attached hydrogen (secondary N) is 2. The van der Waals surface area contributed by atoms with Crippen molar-refractivity contribution in [2.24, 2.45) is 5.73 Å². The lowest BCUT2D eigenvalue weighted by molar-refractivity contribution is 0.353. The molecule has 0 spiro atoms. The average Bonchev–Trinajstić information content (AvgIpc) is 2.68. The van der Waals surface area contributed by atoms with E-state index >= 15 is 0 Å². The first-order valence-corrected chi connectivity index (χ1v) is 9.40. The highest BCUT2D eigenvalue weighted by Gasteiger charge is 2.19. The number of hydrogen-bond donors (Lipinski definition) is 4. The molecule has 6 N–H and O–H groups in total. The summed E-state index contributed by atoms with van der Waals surface area (Å²) in [6.07, 6.45) is 3.67. The van der Waals surface area contributed by atoms with E-state index in [9.17, 15) is 0 Å². The molecule has 0 fully saturated rings. The van der Waals surface area contributed by atoms with Gasteiger partial charge in [0.25, 0.3) is 0 Å². The van der Waals surface area contributed by atoms with E-state index in [1.54, 1.807) is 12.3 Å². The number of anilines is 2. The Morgan fingerprint density at radius 2 is 1.78 bits per heavy atom. The van der Waals surface area contributed by atoms with Crippen LogP contribution in [0.1, 0.15) is 12.8 Å². The van der Waals surface area contributed by atoms with Crippen LogP contribution < -0.4 is 31.6 Å². The van der Waals surface area contributed by atoms with Crippen LogP contribution in [0.5, 0.6) is 11.8 Å². The van der Waals surface area contributed by atoms with Crippen molar-refractivity contribution in [2.75, 3.05) is 51.4 Å². The predicted molar refractivity (Wildman–Crippen MR) is 105 cm³/mol. The third-order valence-corrected chi connectivity index (χ3v) is 4.36. The summed E-state index contributed by atoms with van der Waals surface area (Å²) in [7, 11) is 3.07. The van der Waals surface area contributed by atoms with Crippen LogP contribution in [0.25, 0.3) is 0 Å². The minimum atomic E-state index is 0.372. The van der Waals surface area contributed by atoms with Gasteiger partial charge in [0.1, 0.15) is 10.7 Å². The van der Waals surface area contributed by atoms with Crippen LogP contribution in [0, 0.1) is 0 Å². The second-order valence-corrected chi connectivity index (χ2v) is 6.41. The van der Waals surface area contributed by atoms with Gasteiger partial charge in [0, 0.05) is 19.3 Å². The van der Waals surface area contributed by atoms with E-state index in [0.29, 0.717) is 40.1 Å². The second-order valence-electron chi connectivity index (χ2n) is 5.43. The number of ether oxygens (including phenoxy) is 2. The Hall–Kier alpha value is -2.37. The van der Waals surface area contributed by atoms with Crippen LogP contribution in [-0.4, -0.2) is 60.3 Å². The molecule has 2 aromatic heterocycles. The fraction of sp³-hybridized carbons (Fsp3) is 0.500. The van der Waals surface area contributed by atoms with E-state index in [2.05, 4.69) is 30.6 Å². The van der Waals surface area contributed by atoms with Crippen LogP contribution in [0.3, 0.4) is 0 Å². The first-order valence-electron chi connectivity index (χ1n) is 8.59. The standard InChI is InChI=1S/C16H26N8O2S/c1-25-13-12(27-16-21-8-5-11(18)22-16)14(26-2)24-15(23-13)20-10-9-19-7-4-3-6-17/h5,8,19H,3-4,6-7,9-10,17H2,1-2H3,(H2,18,21,22)(H,20,23,24). The van der Waals surface area contributed by atoms with Crippen molar-refractivity contribution in [3.8, 4) is 11.8 Å². The highest BCUT2D eigenvalue weighted by Crippen LogP contribution is 2.39. The number of nitrogens with two attached hydrogens (primary N) is 2. The molecule has 0 aliphatic carbocycles. The summed E-state index contributed by atoms with van der Waals surface area (Å²) in [5, 5.41) is 6.94. The predicted octanol–water partition coefficient (Wildman–Crippen LogP) is 0.758. The zero-order chi connectivity index (χ0) is 19.5. The van der Waals surface area contributed by atoms with E-state index < -0.39 is 0 Å². The number of unbranched alkanes of at least 4 members (excludes halogenated alkanes) is 1. The zero-order valence-corrected chi connectivity index (χ0v) is 16.4. The number of hydrogen-bond acceptors (Lipinski definition) is 11. The smallest absolute Gasteiger partial charge is 0.236 e. The lowest BCUT2D eigenvalue weighted by atomic mass is 10.3. The maximum absolute atomic E-state index is 5.70. The number of aromatic nitrogens is 4. The maximum Gasteiger partial charge on any atom is 0.236 e. The molecule has 0 atom stereocenters. The SMILES string of the molecule is COc1nc(NCCNCCCCN)nc(OC)c1Sc1nccc(N)n1. The average molecular weight is 395 g/mol. The van der Waals surface area contributed by atoms with Crippen molar-refractivity contribution >= 4 is 23.5 Å². The summed E-state index contributed by atoms with van der Waals surface area (Å²) in [4.78, 5) is 17.7. The zero-order valence-electron chi connectivity index (χ0n) is 15.6. The van der Waals surface area contributed by atoms with Gasteiger partial charge < -0.3 is 31.6 Å². The van der Waals surface area contributed by atoms with Crippen molar-refractivity contribution < 1.29 is 9.47 Å². The van der Waals surface area contributed by atoms with Crippen molar-refractivity contribution in [1.29, 1.82) is 0 Å². The first kappa shape index (κ1) is 20.9. The van der Waals surface area contributed by atoms with Crippen molar-refractivity contribution in [3.05, 3.63) is 12.3 Å². The molecule has 0 aliphatic rings. The molecule has 0 amide bonds. The van der Waals surface area contributed by atoms with Gasteiger partial charge in [-0.2, -0.15) is 9.97 Å². The quantitative estimate of drug-likeness (QED) is 0.299. The van der Waals surface area contributed by atoms with Gasteiger partial charge in [-0.1, -0.05) is 0 Å². The minimum absolute atomic E-state index is 0.372. The number of nitrogens with zero attached hydrogens (tertiary/aromatic N) is 4. The Bertz CT molecular complexity index is 694. The lowest BCUT2D eigenvalue weighted by Gasteiger charge is -2.13. The van der Waals surface area contributed by atoms with Gasteiger partial charge in [-0.05, 0) is 43.8 Å². The summed E-state index contributed by atoms with van der Waals surface area (Å²) in [5.41, 5.74) is 11.2. The third kappa shape index (κ3) is 6.70. The van der Waals surface area contributed by atoms with Gasteiger partial charge >= 0.3 is 0 Å². The number of nitrogen functional groups attached to an aromatic ring is 1. The molecule has 0 unspecified atom stereocenters. The van der Waals surface area contributed by atoms with Crippen molar-refractivity contribution in [1.82, 2.24) is 25.3 Å². The molecule has 148 valence electrons. The molecule has 11 heteroatoms. The highest BCUT2D eigenvalue weighted by molar-refractivity contribution is 7.99. The normalized spacial score (nSPS) is 10.6. The summed E-state index contributed by atoms with van der Waals surface area (Å²) < 4.78 is 10.8. The molecule has 0 aromatic carbocycles. The minimum Gasteiger partial charge on any atom is -0.480 e. The maximum atomic E-state index is 5.70. The molecule has 2 aromatic rings. The van der Waals surface area contributed by atoms with Crippen LogP contribution >= 0.6 is 11.8 Å². The largest absolute Gasteiger partial charge is 0.480 e. The summed E-state index contributed by atoms with van der Waals surface area (Å²) in [6, 6.07) is 1.62. The molecule has 0 bridgehead atoms. The fourth-order valence-corrected chi connectivity index (χ4v) is 3.01. The van der Waals surface area contributed by atoms with Crippen LogP contribution in [0.2, 0.25) is 0 Å². The summed E-state index contributed by atoms with van der Waals surface area (Å²) in [5.74, 6) is 1.54. The molecule has 0 saturated heterocycles. The molecule has 10 nitrogen and oxygen atoms in total.